The number of benzene rings is 2. The number of hydrogen-bond acceptors (Lipinski definition) is 4. The fraction of sp³-hybridized carbons (Fsp3) is 0.143. The van der Waals surface area contributed by atoms with Crippen LogP contribution in [0.4, 0.5) is 5.82 Å². The summed E-state index contributed by atoms with van der Waals surface area (Å²) in [7, 11) is 1.61. The molecular formula is C21H18Br2N2O2. The Morgan fingerprint density at radius 3 is 2.44 bits per heavy atom. The van der Waals surface area contributed by atoms with Crippen molar-refractivity contribution in [2.24, 2.45) is 0 Å². The van der Waals surface area contributed by atoms with Gasteiger partial charge in [-0.05, 0) is 67.8 Å². The molecule has 0 aliphatic heterocycles. The maximum atomic E-state index is 12.8. The van der Waals surface area contributed by atoms with E-state index >= 15 is 0 Å². The van der Waals surface area contributed by atoms with Crippen molar-refractivity contribution >= 4 is 43.5 Å². The molecule has 6 heteroatoms. The first kappa shape index (κ1) is 19.6. The summed E-state index contributed by atoms with van der Waals surface area (Å²) in [6.07, 6.45) is 2.03. The Bertz CT molecular complexity index is 915. The largest absolute Gasteiger partial charge is 0.497 e. The van der Waals surface area contributed by atoms with Gasteiger partial charge in [-0.3, -0.25) is 4.79 Å². The molecule has 0 spiro atoms. The average Bonchev–Trinajstić information content (AvgIpc) is 2.70. The molecule has 1 unspecified atom stereocenters. The lowest BCUT2D eigenvalue weighted by Crippen LogP contribution is -2.16. The number of nitrogens with one attached hydrogen (secondary N) is 1. The molecule has 0 radical (unpaired) electrons. The summed E-state index contributed by atoms with van der Waals surface area (Å²) in [5, 5.41) is 3.39. The molecule has 0 aliphatic rings. The van der Waals surface area contributed by atoms with Crippen molar-refractivity contribution in [1.82, 2.24) is 4.98 Å². The Kier molecular flexibility index (Phi) is 6.63. The van der Waals surface area contributed by atoms with Crippen LogP contribution in [0.2, 0.25) is 0 Å². The lowest BCUT2D eigenvalue weighted by Gasteiger charge is -2.20. The lowest BCUT2D eigenvalue weighted by molar-refractivity contribution is 0.0976. The van der Waals surface area contributed by atoms with Gasteiger partial charge < -0.3 is 10.1 Å². The van der Waals surface area contributed by atoms with E-state index in [1.807, 2.05) is 36.4 Å². The number of ether oxygens (including phenoxy) is 1. The first-order chi connectivity index (χ1) is 13.1. The van der Waals surface area contributed by atoms with Gasteiger partial charge in [0, 0.05) is 22.7 Å². The minimum absolute atomic E-state index is 0.0484. The van der Waals surface area contributed by atoms with Crippen LogP contribution in [0.15, 0.2) is 75.8 Å². The van der Waals surface area contributed by atoms with Gasteiger partial charge in [0.05, 0.1) is 17.6 Å². The molecule has 1 atom stereocenters. The quantitative estimate of drug-likeness (QED) is 0.411. The summed E-state index contributed by atoms with van der Waals surface area (Å²) in [6, 6.07) is 18.8. The minimum atomic E-state index is -0.203. The molecule has 0 saturated carbocycles. The van der Waals surface area contributed by atoms with Crippen molar-refractivity contribution in [2.45, 2.75) is 12.5 Å². The maximum Gasteiger partial charge on any atom is 0.165 e. The lowest BCUT2D eigenvalue weighted by atomic mass is 9.98. The zero-order valence-electron chi connectivity index (χ0n) is 14.7. The number of aromatic nitrogens is 1. The number of ketones is 1. The van der Waals surface area contributed by atoms with E-state index in [0.717, 1.165) is 20.3 Å². The zero-order chi connectivity index (χ0) is 19.2. The van der Waals surface area contributed by atoms with E-state index in [-0.39, 0.29) is 11.8 Å². The van der Waals surface area contributed by atoms with Gasteiger partial charge in [-0.15, -0.1) is 0 Å². The standard InChI is InChI=1S/C21H18Br2N2O2/c1-27-17-9-7-15(8-10-17)20(26)12-19(14-5-3-2-4-6-14)25-21-18(23)11-16(22)13-24-21/h2-11,13,19H,12H2,1H3,(H,24,25). The summed E-state index contributed by atoms with van der Waals surface area (Å²) in [5.74, 6) is 1.47. The van der Waals surface area contributed by atoms with Crippen LogP contribution in [0.25, 0.3) is 0 Å². The molecule has 3 aromatic rings. The first-order valence-electron chi connectivity index (χ1n) is 8.36. The summed E-state index contributed by atoms with van der Waals surface area (Å²) < 4.78 is 6.87. The Balaban J connectivity index is 1.84. The number of hydrogen-bond donors (Lipinski definition) is 1. The third-order valence-corrected chi connectivity index (χ3v) is 5.16. The zero-order valence-corrected chi connectivity index (χ0v) is 17.8. The van der Waals surface area contributed by atoms with Gasteiger partial charge >= 0.3 is 0 Å². The number of carbonyl (C=O) groups is 1. The third kappa shape index (κ3) is 5.17. The van der Waals surface area contributed by atoms with Gasteiger partial charge in [-0.1, -0.05) is 30.3 Å². The van der Waals surface area contributed by atoms with E-state index in [1.54, 1.807) is 37.6 Å². The summed E-state index contributed by atoms with van der Waals surface area (Å²) in [5.41, 5.74) is 1.68. The van der Waals surface area contributed by atoms with Crippen LogP contribution in [-0.2, 0) is 0 Å². The van der Waals surface area contributed by atoms with E-state index in [1.165, 1.54) is 0 Å². The minimum Gasteiger partial charge on any atom is -0.497 e. The van der Waals surface area contributed by atoms with Crippen molar-refractivity contribution in [3.63, 3.8) is 0 Å². The highest BCUT2D eigenvalue weighted by Gasteiger charge is 2.19. The molecular weight excluding hydrogens is 472 g/mol. The maximum absolute atomic E-state index is 12.8. The molecule has 0 amide bonds. The molecule has 0 aliphatic carbocycles. The highest BCUT2D eigenvalue weighted by molar-refractivity contribution is 9.11. The number of halogens is 2. The van der Waals surface area contributed by atoms with Crippen LogP contribution in [0, 0.1) is 0 Å². The SMILES string of the molecule is COc1ccc(C(=O)CC(Nc2ncc(Br)cc2Br)c2ccccc2)cc1. The monoisotopic (exact) mass is 488 g/mol. The first-order valence-corrected chi connectivity index (χ1v) is 9.95. The predicted octanol–water partition coefficient (Wildman–Crippen LogP) is 6.04. The van der Waals surface area contributed by atoms with Crippen molar-refractivity contribution < 1.29 is 9.53 Å². The van der Waals surface area contributed by atoms with Crippen LogP contribution in [0.3, 0.4) is 0 Å². The number of anilines is 1. The third-order valence-electron chi connectivity index (χ3n) is 4.12. The molecule has 3 rings (SSSR count). The van der Waals surface area contributed by atoms with Crippen LogP contribution in [0.5, 0.6) is 5.75 Å². The molecule has 27 heavy (non-hydrogen) atoms. The number of pyridine rings is 1. The molecule has 2 aromatic carbocycles. The molecule has 1 heterocycles. The highest BCUT2D eigenvalue weighted by Crippen LogP contribution is 2.29. The fourth-order valence-electron chi connectivity index (χ4n) is 2.70. The van der Waals surface area contributed by atoms with E-state index < -0.39 is 0 Å². The Hall–Kier alpha value is -2.18. The number of rotatable bonds is 7. The molecule has 1 aromatic heterocycles. The van der Waals surface area contributed by atoms with Gasteiger partial charge in [-0.25, -0.2) is 4.98 Å². The predicted molar refractivity (Wildman–Crippen MR) is 114 cm³/mol. The smallest absolute Gasteiger partial charge is 0.165 e. The Morgan fingerprint density at radius 2 is 1.81 bits per heavy atom. The van der Waals surface area contributed by atoms with Crippen molar-refractivity contribution in [2.75, 3.05) is 12.4 Å². The van der Waals surface area contributed by atoms with Gasteiger partial charge in [0.2, 0.25) is 0 Å². The van der Waals surface area contributed by atoms with E-state index in [9.17, 15) is 4.79 Å². The molecule has 1 N–H and O–H groups in total. The number of carbonyl (C=O) groups excluding carboxylic acids is 1. The topological polar surface area (TPSA) is 51.2 Å². The molecule has 0 bridgehead atoms. The average molecular weight is 490 g/mol. The molecule has 0 saturated heterocycles. The molecule has 4 nitrogen and oxygen atoms in total. The van der Waals surface area contributed by atoms with Crippen molar-refractivity contribution in [1.29, 1.82) is 0 Å². The second-order valence-electron chi connectivity index (χ2n) is 5.95. The number of nitrogens with zero attached hydrogens (tertiary/aromatic N) is 1. The Labute approximate surface area is 175 Å². The molecule has 138 valence electrons. The summed E-state index contributed by atoms with van der Waals surface area (Å²) in [4.78, 5) is 17.2. The molecule has 0 fully saturated rings. The van der Waals surface area contributed by atoms with E-state index in [4.69, 9.17) is 4.74 Å². The van der Waals surface area contributed by atoms with Gasteiger partial charge in [0.15, 0.2) is 5.78 Å². The van der Waals surface area contributed by atoms with E-state index in [2.05, 4.69) is 42.2 Å². The second kappa shape index (κ2) is 9.15. The highest BCUT2D eigenvalue weighted by atomic mass is 79.9. The van der Waals surface area contributed by atoms with Crippen molar-refractivity contribution in [3.05, 3.63) is 86.9 Å². The van der Waals surface area contributed by atoms with Crippen LogP contribution < -0.4 is 10.1 Å². The number of Topliss-reactive ketones (excluding diaryl/α,β-unsaturated/α-hetero) is 1. The van der Waals surface area contributed by atoms with Gasteiger partial charge in [-0.2, -0.15) is 0 Å². The second-order valence-corrected chi connectivity index (χ2v) is 7.72. The normalized spacial score (nSPS) is 11.7. The summed E-state index contributed by atoms with van der Waals surface area (Å²) >= 11 is 6.93. The van der Waals surface area contributed by atoms with Crippen molar-refractivity contribution in [3.8, 4) is 5.75 Å². The van der Waals surface area contributed by atoms with Gasteiger partial charge in [0.25, 0.3) is 0 Å². The van der Waals surface area contributed by atoms with Gasteiger partial charge in [0.1, 0.15) is 11.6 Å². The van der Waals surface area contributed by atoms with Crippen LogP contribution in [0.1, 0.15) is 28.4 Å². The number of methoxy groups -OCH3 is 1. The Morgan fingerprint density at radius 1 is 1.11 bits per heavy atom. The van der Waals surface area contributed by atoms with E-state index in [0.29, 0.717) is 17.8 Å². The fourth-order valence-corrected chi connectivity index (χ4v) is 3.81. The van der Waals surface area contributed by atoms with Crippen LogP contribution in [-0.4, -0.2) is 17.9 Å². The van der Waals surface area contributed by atoms with Crippen LogP contribution >= 0.6 is 31.9 Å². The summed E-state index contributed by atoms with van der Waals surface area (Å²) in [6.45, 7) is 0.